The van der Waals surface area contributed by atoms with Gasteiger partial charge in [0.2, 0.25) is 0 Å². The average molecular weight is 361 g/mol. The first-order valence-electron chi connectivity index (χ1n) is 9.12. The van der Waals surface area contributed by atoms with E-state index < -0.39 is 0 Å². The van der Waals surface area contributed by atoms with Crippen LogP contribution in [0.3, 0.4) is 0 Å². The van der Waals surface area contributed by atoms with E-state index in [-0.39, 0.29) is 17.8 Å². The van der Waals surface area contributed by atoms with Crippen LogP contribution in [-0.4, -0.2) is 27.3 Å². The van der Waals surface area contributed by atoms with Crippen LogP contribution in [0.1, 0.15) is 46.2 Å². The molecular weight excluding hydrogens is 341 g/mol. The van der Waals surface area contributed by atoms with E-state index in [9.17, 15) is 9.18 Å². The minimum absolute atomic E-state index is 0.0150. The van der Waals surface area contributed by atoms with E-state index in [4.69, 9.17) is 4.98 Å². The highest BCUT2D eigenvalue weighted by Gasteiger charge is 2.31. The van der Waals surface area contributed by atoms with Gasteiger partial charge >= 0.3 is 0 Å². The van der Waals surface area contributed by atoms with E-state index in [1.54, 1.807) is 36.7 Å². The highest BCUT2D eigenvalue weighted by atomic mass is 19.1. The van der Waals surface area contributed by atoms with Crippen LogP contribution in [0.2, 0.25) is 0 Å². The molecule has 3 aromatic rings. The molecule has 0 bridgehead atoms. The highest BCUT2D eigenvalue weighted by molar-refractivity contribution is 5.94. The summed E-state index contributed by atoms with van der Waals surface area (Å²) < 4.78 is 13.1. The SMILES string of the molecule is O=C(c1ccncc1)N1CCCC1c1cccc(Cc2ccc(F)cc2)n1. The van der Waals surface area contributed by atoms with Crippen LogP contribution in [-0.2, 0) is 6.42 Å². The van der Waals surface area contributed by atoms with Crippen molar-refractivity contribution in [1.29, 1.82) is 0 Å². The monoisotopic (exact) mass is 361 g/mol. The normalized spacial score (nSPS) is 16.5. The molecule has 4 rings (SSSR count). The van der Waals surface area contributed by atoms with Crippen molar-refractivity contribution < 1.29 is 9.18 Å². The molecule has 0 N–H and O–H groups in total. The van der Waals surface area contributed by atoms with Gasteiger partial charge in [-0.05, 0) is 54.8 Å². The second-order valence-electron chi connectivity index (χ2n) is 6.75. The molecule has 2 aromatic heterocycles. The molecule has 1 aliphatic rings. The number of hydrogen-bond acceptors (Lipinski definition) is 3. The molecule has 1 aromatic carbocycles. The van der Waals surface area contributed by atoms with Crippen molar-refractivity contribution in [1.82, 2.24) is 14.9 Å². The summed E-state index contributed by atoms with van der Waals surface area (Å²) >= 11 is 0. The fraction of sp³-hybridized carbons (Fsp3) is 0.227. The molecule has 1 atom stereocenters. The van der Waals surface area contributed by atoms with Gasteiger partial charge in [-0.3, -0.25) is 14.8 Å². The van der Waals surface area contributed by atoms with Crippen LogP contribution in [0, 0.1) is 5.82 Å². The standard InChI is InChI=1S/C22H20FN3O/c23-18-8-6-16(7-9-18)15-19-3-1-4-20(25-19)21-5-2-14-26(21)22(27)17-10-12-24-13-11-17/h1,3-4,6-13,21H,2,5,14-15H2. The highest BCUT2D eigenvalue weighted by Crippen LogP contribution is 2.32. The predicted molar refractivity (Wildman–Crippen MR) is 101 cm³/mol. The van der Waals surface area contributed by atoms with E-state index in [2.05, 4.69) is 4.98 Å². The molecule has 136 valence electrons. The number of carbonyl (C=O) groups is 1. The van der Waals surface area contributed by atoms with Gasteiger partial charge in [-0.25, -0.2) is 4.39 Å². The molecule has 5 heteroatoms. The maximum atomic E-state index is 13.1. The van der Waals surface area contributed by atoms with Crippen LogP contribution in [0.25, 0.3) is 0 Å². The smallest absolute Gasteiger partial charge is 0.254 e. The Kier molecular flexibility index (Phi) is 4.92. The number of pyridine rings is 2. The summed E-state index contributed by atoms with van der Waals surface area (Å²) in [6, 6.07) is 15.9. The lowest BCUT2D eigenvalue weighted by Gasteiger charge is -2.24. The summed E-state index contributed by atoms with van der Waals surface area (Å²) in [5.41, 5.74) is 3.49. The molecule has 1 fully saturated rings. The summed E-state index contributed by atoms with van der Waals surface area (Å²) in [6.45, 7) is 0.732. The molecule has 1 saturated heterocycles. The van der Waals surface area contributed by atoms with Gasteiger partial charge in [-0.2, -0.15) is 0 Å². The van der Waals surface area contributed by atoms with Gasteiger partial charge in [0.1, 0.15) is 5.82 Å². The quantitative estimate of drug-likeness (QED) is 0.700. The minimum atomic E-state index is -0.239. The van der Waals surface area contributed by atoms with Crippen molar-refractivity contribution in [3.63, 3.8) is 0 Å². The van der Waals surface area contributed by atoms with E-state index in [1.807, 2.05) is 23.1 Å². The number of nitrogens with zero attached hydrogens (tertiary/aromatic N) is 3. The predicted octanol–water partition coefficient (Wildman–Crippen LogP) is 4.18. The summed E-state index contributed by atoms with van der Waals surface area (Å²) in [5.74, 6) is -0.220. The third-order valence-electron chi connectivity index (χ3n) is 4.91. The van der Waals surface area contributed by atoms with Gasteiger partial charge in [0.15, 0.2) is 0 Å². The van der Waals surface area contributed by atoms with Gasteiger partial charge in [0.25, 0.3) is 5.91 Å². The number of aromatic nitrogens is 2. The van der Waals surface area contributed by atoms with Crippen molar-refractivity contribution in [2.24, 2.45) is 0 Å². The van der Waals surface area contributed by atoms with Gasteiger partial charge in [-0.1, -0.05) is 18.2 Å². The third kappa shape index (κ3) is 3.87. The largest absolute Gasteiger partial charge is 0.330 e. The molecule has 0 saturated carbocycles. The number of halogens is 1. The number of amides is 1. The van der Waals surface area contributed by atoms with E-state index in [0.717, 1.165) is 36.3 Å². The molecule has 1 amide bonds. The van der Waals surface area contributed by atoms with Crippen LogP contribution in [0.5, 0.6) is 0 Å². The summed E-state index contributed by atoms with van der Waals surface area (Å²) in [7, 11) is 0. The number of hydrogen-bond donors (Lipinski definition) is 0. The molecule has 1 aliphatic heterocycles. The first-order chi connectivity index (χ1) is 13.2. The zero-order valence-corrected chi connectivity index (χ0v) is 14.9. The van der Waals surface area contributed by atoms with Crippen molar-refractivity contribution in [2.75, 3.05) is 6.54 Å². The molecule has 27 heavy (non-hydrogen) atoms. The second-order valence-corrected chi connectivity index (χ2v) is 6.75. The van der Waals surface area contributed by atoms with Gasteiger partial charge in [0.05, 0.1) is 11.7 Å². The fourth-order valence-electron chi connectivity index (χ4n) is 3.57. The van der Waals surface area contributed by atoms with Crippen molar-refractivity contribution in [2.45, 2.75) is 25.3 Å². The Morgan fingerprint density at radius 2 is 1.85 bits per heavy atom. The molecule has 4 nitrogen and oxygen atoms in total. The topological polar surface area (TPSA) is 46.1 Å². The lowest BCUT2D eigenvalue weighted by atomic mass is 10.1. The Labute approximate surface area is 157 Å². The second kappa shape index (κ2) is 7.66. The third-order valence-corrected chi connectivity index (χ3v) is 4.91. The number of carbonyl (C=O) groups excluding carboxylic acids is 1. The molecule has 0 aliphatic carbocycles. The Morgan fingerprint density at radius 1 is 1.07 bits per heavy atom. The lowest BCUT2D eigenvalue weighted by Crippen LogP contribution is -2.31. The average Bonchev–Trinajstić information content (AvgIpc) is 3.20. The minimum Gasteiger partial charge on any atom is -0.330 e. The van der Waals surface area contributed by atoms with Gasteiger partial charge in [-0.15, -0.1) is 0 Å². The Bertz CT molecular complexity index is 928. The first-order valence-corrected chi connectivity index (χ1v) is 9.12. The van der Waals surface area contributed by atoms with Crippen molar-refractivity contribution in [3.05, 3.63) is 95.3 Å². The van der Waals surface area contributed by atoms with Crippen LogP contribution in [0.4, 0.5) is 4.39 Å². The van der Waals surface area contributed by atoms with Gasteiger partial charge < -0.3 is 4.90 Å². The van der Waals surface area contributed by atoms with Crippen molar-refractivity contribution >= 4 is 5.91 Å². The van der Waals surface area contributed by atoms with Crippen LogP contribution < -0.4 is 0 Å². The van der Waals surface area contributed by atoms with Crippen LogP contribution >= 0.6 is 0 Å². The maximum Gasteiger partial charge on any atom is 0.254 e. The number of benzene rings is 1. The Morgan fingerprint density at radius 3 is 2.63 bits per heavy atom. The number of likely N-dealkylation sites (tertiary alicyclic amines) is 1. The molecule has 3 heterocycles. The molecular formula is C22H20FN3O. The molecule has 0 spiro atoms. The summed E-state index contributed by atoms with van der Waals surface area (Å²) in [5, 5.41) is 0. The summed E-state index contributed by atoms with van der Waals surface area (Å²) in [6.07, 6.45) is 5.79. The fourth-order valence-corrected chi connectivity index (χ4v) is 3.57. The lowest BCUT2D eigenvalue weighted by molar-refractivity contribution is 0.0732. The zero-order chi connectivity index (χ0) is 18.6. The number of rotatable bonds is 4. The zero-order valence-electron chi connectivity index (χ0n) is 14.9. The summed E-state index contributed by atoms with van der Waals surface area (Å²) in [4.78, 5) is 23.6. The Hall–Kier alpha value is -3.08. The van der Waals surface area contributed by atoms with E-state index in [1.165, 1.54) is 12.1 Å². The van der Waals surface area contributed by atoms with E-state index >= 15 is 0 Å². The first kappa shape index (κ1) is 17.3. The van der Waals surface area contributed by atoms with E-state index in [0.29, 0.717) is 12.0 Å². The molecule has 1 unspecified atom stereocenters. The molecule has 0 radical (unpaired) electrons. The van der Waals surface area contributed by atoms with Gasteiger partial charge in [0, 0.05) is 36.6 Å². The van der Waals surface area contributed by atoms with Crippen molar-refractivity contribution in [3.8, 4) is 0 Å². The van der Waals surface area contributed by atoms with Crippen LogP contribution in [0.15, 0.2) is 67.0 Å². The Balaban J connectivity index is 1.55. The maximum absolute atomic E-state index is 13.1.